The van der Waals surface area contributed by atoms with Gasteiger partial charge in [0.05, 0.1) is 7.11 Å². The number of alkyl halides is 2. The minimum atomic E-state index is -4.77. The maximum absolute atomic E-state index is 13.6. The normalized spacial score (nSPS) is 35.0. The molecule has 0 radical (unpaired) electrons. The van der Waals surface area contributed by atoms with Gasteiger partial charge in [0.1, 0.15) is 0 Å². The highest BCUT2D eigenvalue weighted by Gasteiger charge is 2.58. The van der Waals surface area contributed by atoms with E-state index >= 15 is 0 Å². The molecule has 1 saturated carbocycles. The molecule has 0 aliphatic heterocycles. The molecule has 2 rings (SSSR count). The molecular formula is C9H12F2O3S. The van der Waals surface area contributed by atoms with Crippen molar-refractivity contribution in [1.29, 1.82) is 0 Å². The van der Waals surface area contributed by atoms with Gasteiger partial charge < -0.3 is 0 Å². The summed E-state index contributed by atoms with van der Waals surface area (Å²) in [4.78, 5) is 0. The average Bonchev–Trinajstić information content (AvgIpc) is 2.78. The zero-order valence-corrected chi connectivity index (χ0v) is 9.01. The van der Waals surface area contributed by atoms with Gasteiger partial charge in [-0.1, -0.05) is 12.2 Å². The van der Waals surface area contributed by atoms with Crippen molar-refractivity contribution in [2.75, 3.05) is 7.11 Å². The van der Waals surface area contributed by atoms with Crippen LogP contribution in [0, 0.1) is 17.8 Å². The van der Waals surface area contributed by atoms with Crippen molar-refractivity contribution in [3.63, 3.8) is 0 Å². The Morgan fingerprint density at radius 2 is 2.00 bits per heavy atom. The van der Waals surface area contributed by atoms with Crippen LogP contribution < -0.4 is 0 Å². The van der Waals surface area contributed by atoms with Gasteiger partial charge in [-0.2, -0.15) is 17.2 Å². The van der Waals surface area contributed by atoms with Crippen LogP contribution in [0.3, 0.4) is 0 Å². The molecule has 15 heavy (non-hydrogen) atoms. The smallest absolute Gasteiger partial charge is 0.269 e. The quantitative estimate of drug-likeness (QED) is 0.556. The second-order valence-electron chi connectivity index (χ2n) is 4.07. The van der Waals surface area contributed by atoms with Crippen LogP contribution in [0.25, 0.3) is 0 Å². The fourth-order valence-electron chi connectivity index (χ4n) is 2.46. The lowest BCUT2D eigenvalue weighted by Gasteiger charge is -2.26. The second kappa shape index (κ2) is 3.25. The molecule has 6 heteroatoms. The van der Waals surface area contributed by atoms with Crippen molar-refractivity contribution in [3.05, 3.63) is 12.2 Å². The van der Waals surface area contributed by atoms with Crippen LogP contribution in [0.2, 0.25) is 0 Å². The first-order valence-electron chi connectivity index (χ1n) is 4.75. The molecule has 3 atom stereocenters. The van der Waals surface area contributed by atoms with Crippen LogP contribution in [0.1, 0.15) is 12.8 Å². The minimum absolute atomic E-state index is 0.109. The average molecular weight is 238 g/mol. The summed E-state index contributed by atoms with van der Waals surface area (Å²) in [6, 6.07) is 0. The molecule has 2 aliphatic carbocycles. The monoisotopic (exact) mass is 238 g/mol. The summed E-state index contributed by atoms with van der Waals surface area (Å²) in [6.07, 6.45) is 4.45. The highest BCUT2D eigenvalue weighted by atomic mass is 32.2. The van der Waals surface area contributed by atoms with E-state index in [0.717, 1.165) is 7.11 Å². The van der Waals surface area contributed by atoms with E-state index in [1.54, 1.807) is 6.08 Å². The Morgan fingerprint density at radius 3 is 2.40 bits per heavy atom. The Labute approximate surface area is 87.2 Å². The number of rotatable bonds is 3. The predicted molar refractivity (Wildman–Crippen MR) is 49.7 cm³/mol. The molecule has 0 aromatic heterocycles. The van der Waals surface area contributed by atoms with Gasteiger partial charge in [0.25, 0.3) is 0 Å². The lowest BCUT2D eigenvalue weighted by atomic mass is 9.94. The Bertz CT molecular complexity index is 388. The van der Waals surface area contributed by atoms with E-state index < -0.39 is 21.3 Å². The molecule has 3 nitrogen and oxygen atoms in total. The molecule has 2 bridgehead atoms. The molecule has 3 unspecified atom stereocenters. The Hall–Kier alpha value is -0.490. The molecule has 0 aromatic carbocycles. The topological polar surface area (TPSA) is 43.4 Å². The van der Waals surface area contributed by atoms with E-state index in [-0.39, 0.29) is 18.3 Å². The summed E-state index contributed by atoms with van der Waals surface area (Å²) in [5.41, 5.74) is 0. The molecule has 0 aromatic rings. The van der Waals surface area contributed by atoms with Crippen molar-refractivity contribution >= 4 is 10.1 Å². The van der Waals surface area contributed by atoms with Gasteiger partial charge in [0.15, 0.2) is 0 Å². The fourth-order valence-corrected chi connectivity index (χ4v) is 3.33. The van der Waals surface area contributed by atoms with Crippen LogP contribution in [-0.2, 0) is 14.3 Å². The van der Waals surface area contributed by atoms with Gasteiger partial charge in [0.2, 0.25) is 0 Å². The van der Waals surface area contributed by atoms with Crippen molar-refractivity contribution in [2.45, 2.75) is 18.1 Å². The first kappa shape index (κ1) is 11.0. The van der Waals surface area contributed by atoms with Crippen molar-refractivity contribution < 1.29 is 21.4 Å². The van der Waals surface area contributed by atoms with Crippen LogP contribution in [0.15, 0.2) is 12.2 Å². The number of fused-ring (bicyclic) bond motifs is 2. The van der Waals surface area contributed by atoms with Gasteiger partial charge in [0, 0.05) is 5.92 Å². The Morgan fingerprint density at radius 1 is 1.33 bits per heavy atom. The highest BCUT2D eigenvalue weighted by Crippen LogP contribution is 2.51. The molecular weight excluding hydrogens is 226 g/mol. The van der Waals surface area contributed by atoms with Crippen LogP contribution in [0.4, 0.5) is 8.78 Å². The maximum Gasteiger partial charge on any atom is 0.373 e. The maximum atomic E-state index is 13.6. The zero-order valence-electron chi connectivity index (χ0n) is 8.19. The van der Waals surface area contributed by atoms with E-state index in [9.17, 15) is 17.2 Å². The van der Waals surface area contributed by atoms with Crippen LogP contribution in [-0.4, -0.2) is 20.8 Å². The zero-order chi connectivity index (χ0) is 11.3. The summed E-state index contributed by atoms with van der Waals surface area (Å²) in [5, 5.41) is -3.77. The predicted octanol–water partition coefficient (Wildman–Crippen LogP) is 1.77. The largest absolute Gasteiger partial charge is 0.373 e. The Kier molecular flexibility index (Phi) is 2.38. The highest BCUT2D eigenvalue weighted by molar-refractivity contribution is 7.87. The van der Waals surface area contributed by atoms with E-state index in [4.69, 9.17) is 0 Å². The van der Waals surface area contributed by atoms with Crippen molar-refractivity contribution in [1.82, 2.24) is 0 Å². The molecule has 1 fully saturated rings. The van der Waals surface area contributed by atoms with Crippen molar-refractivity contribution in [3.8, 4) is 0 Å². The molecule has 2 aliphatic rings. The van der Waals surface area contributed by atoms with Gasteiger partial charge >= 0.3 is 15.4 Å². The van der Waals surface area contributed by atoms with Gasteiger partial charge in [-0.25, -0.2) is 0 Å². The summed E-state index contributed by atoms with van der Waals surface area (Å²) in [7, 11) is -4.00. The molecule has 0 heterocycles. The third-order valence-corrected chi connectivity index (χ3v) is 4.67. The van der Waals surface area contributed by atoms with E-state index in [2.05, 4.69) is 4.18 Å². The van der Waals surface area contributed by atoms with Gasteiger partial charge in [-0.3, -0.25) is 4.18 Å². The SMILES string of the molecule is COS(=O)(=O)C(F)(F)C1CC2C=CC1C2. The number of halogens is 2. The molecule has 0 spiro atoms. The summed E-state index contributed by atoms with van der Waals surface area (Å²) in [6.45, 7) is 0. The number of hydrogen-bond donors (Lipinski definition) is 0. The van der Waals surface area contributed by atoms with Gasteiger partial charge in [-0.05, 0) is 24.7 Å². The summed E-state index contributed by atoms with van der Waals surface area (Å²) < 4.78 is 53.3. The molecule has 0 saturated heterocycles. The molecule has 0 amide bonds. The number of hydrogen-bond acceptors (Lipinski definition) is 3. The first-order chi connectivity index (χ1) is 6.88. The van der Waals surface area contributed by atoms with Crippen molar-refractivity contribution in [2.24, 2.45) is 17.8 Å². The lowest BCUT2D eigenvalue weighted by Crippen LogP contribution is -2.39. The minimum Gasteiger partial charge on any atom is -0.269 e. The first-order valence-corrected chi connectivity index (χ1v) is 6.15. The molecule has 0 N–H and O–H groups in total. The lowest BCUT2D eigenvalue weighted by molar-refractivity contribution is 0.00413. The van der Waals surface area contributed by atoms with E-state index in [1.807, 2.05) is 6.08 Å². The van der Waals surface area contributed by atoms with Gasteiger partial charge in [-0.15, -0.1) is 0 Å². The van der Waals surface area contributed by atoms with E-state index in [1.165, 1.54) is 0 Å². The standard InChI is InChI=1S/C9H12F2O3S/c1-14-15(12,13)9(10,11)8-5-6-2-3-7(8)4-6/h2-3,6-8H,4-5H2,1H3. The fraction of sp³-hybridized carbons (Fsp3) is 0.778. The third kappa shape index (κ3) is 1.50. The molecule has 86 valence electrons. The third-order valence-electron chi connectivity index (χ3n) is 3.26. The van der Waals surface area contributed by atoms with Crippen LogP contribution in [0.5, 0.6) is 0 Å². The second-order valence-corrected chi connectivity index (χ2v) is 5.86. The van der Waals surface area contributed by atoms with E-state index in [0.29, 0.717) is 6.42 Å². The summed E-state index contributed by atoms with van der Waals surface area (Å²) in [5.74, 6) is -1.34. The number of allylic oxidation sites excluding steroid dienone is 2. The summed E-state index contributed by atoms with van der Waals surface area (Å²) >= 11 is 0. The Balaban J connectivity index is 2.28. The van der Waals surface area contributed by atoms with Crippen LogP contribution >= 0.6 is 0 Å².